The van der Waals surface area contributed by atoms with Crippen LogP contribution >= 0.6 is 10.6 Å². The van der Waals surface area contributed by atoms with Gasteiger partial charge in [-0.1, -0.05) is 5.11 Å². The lowest BCUT2D eigenvalue weighted by atomic mass is 9.92. The maximum absolute atomic E-state index is 15.2. The molecule has 1 aromatic rings. The Kier molecular flexibility index (Phi) is 4.90. The van der Waals surface area contributed by atoms with E-state index in [0.29, 0.717) is 0 Å². The first-order valence-corrected chi connectivity index (χ1v) is 8.85. The fourth-order valence-corrected chi connectivity index (χ4v) is 4.33. The molecule has 2 atom stereocenters. The van der Waals surface area contributed by atoms with Crippen LogP contribution in [0.15, 0.2) is 28.3 Å². The number of alkyl halides is 1. The van der Waals surface area contributed by atoms with Gasteiger partial charge in [-0.3, -0.25) is 19.4 Å². The van der Waals surface area contributed by atoms with E-state index in [9.17, 15) is 18.3 Å². The Bertz CT molecular complexity index is 841. The van der Waals surface area contributed by atoms with Gasteiger partial charge in [-0.2, -0.15) is 10.6 Å². The van der Waals surface area contributed by atoms with Crippen molar-refractivity contribution in [3.63, 3.8) is 0 Å². The predicted molar refractivity (Wildman–Crippen MR) is 93.0 cm³/mol. The molecule has 0 radical (unpaired) electrons. The Morgan fingerprint density at radius 1 is 1.42 bits per heavy atom. The number of hydrogen-bond donors (Lipinski definition) is 4. The predicted octanol–water partition coefficient (Wildman–Crippen LogP) is 4.49. The van der Waals surface area contributed by atoms with E-state index in [2.05, 4.69) is 15.0 Å². The van der Waals surface area contributed by atoms with Crippen LogP contribution in [0.1, 0.15) is 26.3 Å². The van der Waals surface area contributed by atoms with E-state index in [4.69, 9.17) is 10.6 Å². The highest BCUT2D eigenvalue weighted by atomic mass is 32.3. The average Bonchev–Trinajstić information content (AvgIpc) is 2.53. The summed E-state index contributed by atoms with van der Waals surface area (Å²) in [6.07, 6.45) is -1.55. The fourth-order valence-electron chi connectivity index (χ4n) is 2.62. The molecule has 0 bridgehead atoms. The molecule has 0 fully saturated rings. The molecule has 2 rings (SSSR count). The van der Waals surface area contributed by atoms with Crippen LogP contribution in [0.25, 0.3) is 10.4 Å². The highest BCUT2D eigenvalue weighted by molar-refractivity contribution is 8.26. The van der Waals surface area contributed by atoms with Crippen LogP contribution in [-0.2, 0) is 5.54 Å². The topological polar surface area (TPSA) is 151 Å². The Labute approximate surface area is 148 Å². The summed E-state index contributed by atoms with van der Waals surface area (Å²) in [5.41, 5.74) is 3.45. The molecule has 0 unspecified atom stereocenters. The van der Waals surface area contributed by atoms with Gasteiger partial charge < -0.3 is 5.11 Å². The Hall–Kier alpha value is -2.40. The molecule has 12 heteroatoms. The number of nitrogens with zero attached hydrogens (tertiary/aromatic N) is 4. The zero-order valence-corrected chi connectivity index (χ0v) is 14.8. The number of carbonyl (C=O) groups is 1. The number of halogens is 2. The third-order valence-electron chi connectivity index (χ3n) is 4.28. The summed E-state index contributed by atoms with van der Waals surface area (Å²) in [6, 6.07) is 3.10. The molecular weight excluding hydrogens is 372 g/mol. The van der Waals surface area contributed by atoms with Crippen molar-refractivity contribution < 1.29 is 27.8 Å². The summed E-state index contributed by atoms with van der Waals surface area (Å²) < 4.78 is 48.7. The van der Waals surface area contributed by atoms with E-state index in [-0.39, 0.29) is 5.69 Å². The summed E-state index contributed by atoms with van der Waals surface area (Å²) in [5, 5.41) is 14.2. The van der Waals surface area contributed by atoms with Crippen molar-refractivity contribution in [3.05, 3.63) is 40.0 Å². The van der Waals surface area contributed by atoms with Crippen LogP contribution in [0.3, 0.4) is 0 Å². The van der Waals surface area contributed by atoms with Crippen molar-refractivity contribution in [1.29, 1.82) is 0 Å². The van der Waals surface area contributed by atoms with E-state index < -0.39 is 49.7 Å². The SMILES string of the molecule is CC1(C)C(NC(=O)O)=N[C@](C)(c2cc(N=[N+]=[N-])ccc2F)[C@@H](F)S1(O)O. The number of hydrogen-bond acceptors (Lipinski definition) is 5. The summed E-state index contributed by atoms with van der Waals surface area (Å²) >= 11 is 0. The van der Waals surface area contributed by atoms with Gasteiger partial charge in [-0.15, -0.1) is 0 Å². The molecule has 1 aromatic carbocycles. The molecule has 0 saturated carbocycles. The minimum atomic E-state index is -4.13. The number of amidine groups is 1. The number of rotatable bonds is 2. The first-order chi connectivity index (χ1) is 11.9. The van der Waals surface area contributed by atoms with Crippen LogP contribution < -0.4 is 5.32 Å². The minimum Gasteiger partial charge on any atom is -0.465 e. The third kappa shape index (κ3) is 2.97. The van der Waals surface area contributed by atoms with Crippen molar-refractivity contribution in [1.82, 2.24) is 5.32 Å². The molecular formula is C14H17F2N5O4S. The highest BCUT2D eigenvalue weighted by Gasteiger charge is 2.58. The van der Waals surface area contributed by atoms with Gasteiger partial charge in [0.15, 0.2) is 0 Å². The maximum atomic E-state index is 15.2. The van der Waals surface area contributed by atoms with Gasteiger partial charge in [0.05, 0.1) is 0 Å². The number of amides is 1. The maximum Gasteiger partial charge on any atom is 0.410 e. The third-order valence-corrected chi connectivity index (χ3v) is 7.01. The molecule has 9 nitrogen and oxygen atoms in total. The van der Waals surface area contributed by atoms with E-state index in [1.54, 1.807) is 0 Å². The molecule has 1 aliphatic rings. The summed E-state index contributed by atoms with van der Waals surface area (Å²) in [7, 11) is -4.13. The molecule has 0 aliphatic carbocycles. The Balaban J connectivity index is 2.78. The van der Waals surface area contributed by atoms with E-state index in [1.807, 2.05) is 5.32 Å². The second-order valence-electron chi connectivity index (χ2n) is 6.31. The first kappa shape index (κ1) is 19.9. The molecule has 1 heterocycles. The second kappa shape index (κ2) is 6.40. The molecule has 0 spiro atoms. The zero-order valence-electron chi connectivity index (χ0n) is 14.0. The van der Waals surface area contributed by atoms with Crippen LogP contribution in [0.5, 0.6) is 0 Å². The molecule has 0 aromatic heterocycles. The summed E-state index contributed by atoms with van der Waals surface area (Å²) in [5.74, 6) is -1.35. The molecule has 1 amide bonds. The normalized spacial score (nSPS) is 27.7. The number of benzene rings is 1. The van der Waals surface area contributed by atoms with Crippen molar-refractivity contribution >= 4 is 28.2 Å². The van der Waals surface area contributed by atoms with Gasteiger partial charge in [0.2, 0.25) is 5.50 Å². The lowest BCUT2D eigenvalue weighted by Gasteiger charge is -2.55. The quantitative estimate of drug-likeness (QED) is 0.335. The lowest BCUT2D eigenvalue weighted by molar-refractivity contribution is 0.198. The van der Waals surface area contributed by atoms with Crippen molar-refractivity contribution in [2.75, 3.05) is 0 Å². The van der Waals surface area contributed by atoms with Crippen LogP contribution in [0, 0.1) is 5.82 Å². The molecule has 1 aliphatic heterocycles. The largest absolute Gasteiger partial charge is 0.465 e. The molecule has 4 N–H and O–H groups in total. The molecule has 0 saturated heterocycles. The van der Waals surface area contributed by atoms with Gasteiger partial charge in [-0.25, -0.2) is 13.6 Å². The van der Waals surface area contributed by atoms with Gasteiger partial charge >= 0.3 is 6.09 Å². The number of azide groups is 1. The number of aliphatic imine (C=N–C) groups is 1. The zero-order chi connectivity index (χ0) is 19.9. The van der Waals surface area contributed by atoms with Crippen LogP contribution in [0.4, 0.5) is 19.3 Å². The number of nitrogens with one attached hydrogen (secondary N) is 1. The monoisotopic (exact) mass is 389 g/mol. The van der Waals surface area contributed by atoms with Gasteiger partial charge in [0.1, 0.15) is 21.9 Å². The minimum absolute atomic E-state index is 0.0402. The van der Waals surface area contributed by atoms with E-state index in [0.717, 1.165) is 25.1 Å². The summed E-state index contributed by atoms with van der Waals surface area (Å²) in [6.45, 7) is 3.54. The van der Waals surface area contributed by atoms with Gasteiger partial charge in [0.25, 0.3) is 0 Å². The smallest absolute Gasteiger partial charge is 0.410 e. The Morgan fingerprint density at radius 3 is 2.58 bits per heavy atom. The van der Waals surface area contributed by atoms with Gasteiger partial charge in [0, 0.05) is 16.2 Å². The van der Waals surface area contributed by atoms with Gasteiger partial charge in [-0.05, 0) is 44.5 Å². The van der Waals surface area contributed by atoms with E-state index >= 15 is 4.39 Å². The average molecular weight is 389 g/mol. The molecule has 26 heavy (non-hydrogen) atoms. The van der Waals surface area contributed by atoms with Crippen molar-refractivity contribution in [3.8, 4) is 0 Å². The Morgan fingerprint density at radius 2 is 2.04 bits per heavy atom. The second-order valence-corrected chi connectivity index (χ2v) is 8.93. The summed E-state index contributed by atoms with van der Waals surface area (Å²) in [4.78, 5) is 17.6. The lowest BCUT2D eigenvalue weighted by Crippen LogP contribution is -2.57. The molecule has 142 valence electrons. The van der Waals surface area contributed by atoms with E-state index in [1.165, 1.54) is 13.8 Å². The standard InChI is InChI=1S/C14H17F2N5O4S/c1-13(2)11(18-12(22)23)19-14(3,10(16)26(13,24)25)8-6-7(20-21-17)4-5-9(8)15/h4-6,10,24-25H,1-3H3,(H,18,19)(H,22,23)/t10-,14+/m0/s1. The van der Waals surface area contributed by atoms with Crippen LogP contribution in [-0.4, -0.2) is 36.4 Å². The van der Waals surface area contributed by atoms with Crippen LogP contribution in [0.2, 0.25) is 0 Å². The van der Waals surface area contributed by atoms with Crippen molar-refractivity contribution in [2.45, 2.75) is 36.6 Å². The number of carboxylic acid groups (broad SMARTS) is 1. The van der Waals surface area contributed by atoms with Crippen molar-refractivity contribution in [2.24, 2.45) is 10.1 Å². The highest BCUT2D eigenvalue weighted by Crippen LogP contribution is 2.65. The first-order valence-electron chi connectivity index (χ1n) is 7.24. The fraction of sp³-hybridized carbons (Fsp3) is 0.429.